The Morgan fingerprint density at radius 2 is 2.08 bits per heavy atom. The summed E-state index contributed by atoms with van der Waals surface area (Å²) in [6, 6.07) is 8.81. The van der Waals surface area contributed by atoms with E-state index in [1.54, 1.807) is 0 Å². The first-order valence-electron chi connectivity index (χ1n) is 4.78. The van der Waals surface area contributed by atoms with Crippen molar-refractivity contribution < 1.29 is 0 Å². The number of hydrogen-bond donors (Lipinski definition) is 1. The van der Waals surface area contributed by atoms with Crippen LogP contribution in [0.5, 0.6) is 0 Å². The maximum atomic E-state index is 3.38. The van der Waals surface area contributed by atoms with Crippen LogP contribution in [-0.2, 0) is 0 Å². The van der Waals surface area contributed by atoms with E-state index < -0.39 is 0 Å². The summed E-state index contributed by atoms with van der Waals surface area (Å²) in [5.41, 5.74) is 1.34. The minimum Gasteiger partial charge on any atom is -0.316 e. The molecular weight excluding hydrogens is 178 g/mol. The lowest BCUT2D eigenvalue weighted by Gasteiger charge is -2.07. The van der Waals surface area contributed by atoms with Crippen LogP contribution in [0.4, 0.5) is 0 Å². The van der Waals surface area contributed by atoms with E-state index in [-0.39, 0.29) is 0 Å². The predicted octanol–water partition coefficient (Wildman–Crippen LogP) is 2.45. The molecule has 0 aromatic heterocycles. The lowest BCUT2D eigenvalue weighted by molar-refractivity contribution is 0.858. The zero-order chi connectivity index (χ0) is 9.10. The van der Waals surface area contributed by atoms with E-state index in [2.05, 4.69) is 36.5 Å². The van der Waals surface area contributed by atoms with Crippen molar-refractivity contribution in [2.24, 2.45) is 0 Å². The third-order valence-electron chi connectivity index (χ3n) is 2.34. The molecule has 1 heterocycles. The number of aryl methyl sites for hydroxylation is 1. The average Bonchev–Trinajstić information content (AvgIpc) is 2.62. The van der Waals surface area contributed by atoms with E-state index in [9.17, 15) is 0 Å². The predicted molar refractivity (Wildman–Crippen MR) is 58.3 cm³/mol. The van der Waals surface area contributed by atoms with Crippen LogP contribution in [0.25, 0.3) is 0 Å². The summed E-state index contributed by atoms with van der Waals surface area (Å²) >= 11 is 2.00. The van der Waals surface area contributed by atoms with E-state index in [4.69, 9.17) is 0 Å². The maximum Gasteiger partial charge on any atom is 0.0231 e. The Balaban J connectivity index is 1.97. The molecule has 0 radical (unpaired) electrons. The second-order valence-electron chi connectivity index (χ2n) is 3.55. The van der Waals surface area contributed by atoms with Crippen LogP contribution >= 0.6 is 11.8 Å². The molecule has 70 valence electrons. The van der Waals surface area contributed by atoms with Crippen molar-refractivity contribution in [2.45, 2.75) is 23.5 Å². The van der Waals surface area contributed by atoms with Gasteiger partial charge in [0.15, 0.2) is 0 Å². The minimum atomic E-state index is 0.780. The molecule has 1 atom stereocenters. The molecule has 0 amide bonds. The first-order valence-corrected chi connectivity index (χ1v) is 5.66. The first-order chi connectivity index (χ1) is 6.34. The topological polar surface area (TPSA) is 12.0 Å². The van der Waals surface area contributed by atoms with Gasteiger partial charge in [-0.3, -0.25) is 0 Å². The molecule has 13 heavy (non-hydrogen) atoms. The van der Waals surface area contributed by atoms with Crippen molar-refractivity contribution >= 4 is 11.8 Å². The van der Waals surface area contributed by atoms with Crippen LogP contribution in [-0.4, -0.2) is 18.3 Å². The van der Waals surface area contributed by atoms with Gasteiger partial charge in [-0.2, -0.15) is 0 Å². The normalized spacial score (nSPS) is 22.1. The molecule has 1 saturated heterocycles. The van der Waals surface area contributed by atoms with Crippen molar-refractivity contribution in [2.75, 3.05) is 13.1 Å². The molecule has 0 bridgehead atoms. The van der Waals surface area contributed by atoms with Crippen LogP contribution < -0.4 is 5.32 Å². The van der Waals surface area contributed by atoms with Crippen molar-refractivity contribution in [3.63, 3.8) is 0 Å². The average molecular weight is 193 g/mol. The monoisotopic (exact) mass is 193 g/mol. The number of thioether (sulfide) groups is 1. The molecule has 1 aliphatic heterocycles. The molecule has 0 spiro atoms. The summed E-state index contributed by atoms with van der Waals surface area (Å²) in [5, 5.41) is 4.16. The molecule has 1 N–H and O–H groups in total. The van der Waals surface area contributed by atoms with Crippen LogP contribution in [0, 0.1) is 6.92 Å². The van der Waals surface area contributed by atoms with E-state index in [0.717, 1.165) is 5.25 Å². The number of nitrogens with one attached hydrogen (secondary N) is 1. The molecule has 1 unspecified atom stereocenters. The number of hydrogen-bond acceptors (Lipinski definition) is 2. The fraction of sp³-hybridized carbons (Fsp3) is 0.455. The third kappa shape index (κ3) is 2.48. The Morgan fingerprint density at radius 1 is 1.31 bits per heavy atom. The van der Waals surface area contributed by atoms with E-state index in [0.29, 0.717) is 0 Å². The molecule has 2 heteroatoms. The van der Waals surface area contributed by atoms with Gasteiger partial charge >= 0.3 is 0 Å². The van der Waals surface area contributed by atoms with Crippen molar-refractivity contribution in [1.29, 1.82) is 0 Å². The summed E-state index contributed by atoms with van der Waals surface area (Å²) in [5.74, 6) is 0. The largest absolute Gasteiger partial charge is 0.316 e. The lowest BCUT2D eigenvalue weighted by atomic mass is 10.2. The quantitative estimate of drug-likeness (QED) is 0.774. The standard InChI is InChI=1S/C11H15NS/c1-9-2-4-10(5-3-9)13-11-6-7-12-8-11/h2-5,11-12H,6-8H2,1H3. The summed E-state index contributed by atoms with van der Waals surface area (Å²) in [6.07, 6.45) is 1.30. The molecule has 2 rings (SSSR count). The van der Waals surface area contributed by atoms with Gasteiger partial charge in [0.2, 0.25) is 0 Å². The Hall–Kier alpha value is -0.470. The Labute approximate surface area is 83.9 Å². The molecule has 1 aliphatic rings. The van der Waals surface area contributed by atoms with Gasteiger partial charge in [0.05, 0.1) is 0 Å². The second kappa shape index (κ2) is 4.16. The van der Waals surface area contributed by atoms with Crippen LogP contribution in [0.1, 0.15) is 12.0 Å². The van der Waals surface area contributed by atoms with E-state index in [1.807, 2.05) is 11.8 Å². The fourth-order valence-corrected chi connectivity index (χ4v) is 2.65. The third-order valence-corrected chi connectivity index (χ3v) is 3.62. The zero-order valence-electron chi connectivity index (χ0n) is 7.92. The summed E-state index contributed by atoms with van der Waals surface area (Å²) in [6.45, 7) is 4.48. The van der Waals surface area contributed by atoms with Gasteiger partial charge in [-0.1, -0.05) is 17.7 Å². The SMILES string of the molecule is Cc1ccc(SC2CCNC2)cc1. The first kappa shape index (κ1) is 9.10. The summed E-state index contributed by atoms with van der Waals surface area (Å²) < 4.78 is 0. The fourth-order valence-electron chi connectivity index (χ4n) is 1.54. The van der Waals surface area contributed by atoms with Crippen molar-refractivity contribution in [1.82, 2.24) is 5.32 Å². The Morgan fingerprint density at radius 3 is 2.69 bits per heavy atom. The lowest BCUT2D eigenvalue weighted by Crippen LogP contribution is -2.09. The molecule has 0 saturated carbocycles. The number of rotatable bonds is 2. The molecule has 1 fully saturated rings. The van der Waals surface area contributed by atoms with Gasteiger partial charge in [0, 0.05) is 16.7 Å². The van der Waals surface area contributed by atoms with E-state index in [1.165, 1.54) is 30.0 Å². The van der Waals surface area contributed by atoms with Gasteiger partial charge in [-0.15, -0.1) is 11.8 Å². The second-order valence-corrected chi connectivity index (χ2v) is 4.92. The van der Waals surface area contributed by atoms with Crippen LogP contribution in [0.2, 0.25) is 0 Å². The minimum absolute atomic E-state index is 0.780. The van der Waals surface area contributed by atoms with Crippen LogP contribution in [0.15, 0.2) is 29.2 Å². The molecule has 1 aromatic rings. The van der Waals surface area contributed by atoms with Gasteiger partial charge in [0.25, 0.3) is 0 Å². The molecular formula is C11H15NS. The zero-order valence-corrected chi connectivity index (χ0v) is 8.73. The maximum absolute atomic E-state index is 3.38. The molecule has 1 aromatic carbocycles. The Kier molecular flexibility index (Phi) is 2.91. The van der Waals surface area contributed by atoms with Gasteiger partial charge in [-0.05, 0) is 32.0 Å². The summed E-state index contributed by atoms with van der Waals surface area (Å²) in [7, 11) is 0. The van der Waals surface area contributed by atoms with Gasteiger partial charge < -0.3 is 5.32 Å². The highest BCUT2D eigenvalue weighted by Crippen LogP contribution is 2.26. The molecule has 0 aliphatic carbocycles. The van der Waals surface area contributed by atoms with E-state index >= 15 is 0 Å². The van der Waals surface area contributed by atoms with Crippen LogP contribution in [0.3, 0.4) is 0 Å². The number of benzene rings is 1. The summed E-state index contributed by atoms with van der Waals surface area (Å²) in [4.78, 5) is 1.40. The molecule has 1 nitrogen and oxygen atoms in total. The highest BCUT2D eigenvalue weighted by atomic mass is 32.2. The van der Waals surface area contributed by atoms with Gasteiger partial charge in [0.1, 0.15) is 0 Å². The van der Waals surface area contributed by atoms with Crippen molar-refractivity contribution in [3.8, 4) is 0 Å². The Bertz CT molecular complexity index is 262. The highest BCUT2D eigenvalue weighted by Gasteiger charge is 2.14. The van der Waals surface area contributed by atoms with Gasteiger partial charge in [-0.25, -0.2) is 0 Å². The smallest absolute Gasteiger partial charge is 0.0231 e. The van der Waals surface area contributed by atoms with Crippen molar-refractivity contribution in [3.05, 3.63) is 29.8 Å². The highest BCUT2D eigenvalue weighted by molar-refractivity contribution is 8.00.